The monoisotopic (exact) mass is 381 g/mol. The Labute approximate surface area is 151 Å². The fourth-order valence-corrected chi connectivity index (χ4v) is 2.84. The summed E-state index contributed by atoms with van der Waals surface area (Å²) in [5.41, 5.74) is 0.464. The van der Waals surface area contributed by atoms with Crippen molar-refractivity contribution in [1.82, 2.24) is 0 Å². The number of ether oxygens (including phenoxy) is 3. The van der Waals surface area contributed by atoms with Gasteiger partial charge in [-0.15, -0.1) is 11.8 Å². The second-order valence-corrected chi connectivity index (χ2v) is 6.16. The zero-order valence-electron chi connectivity index (χ0n) is 13.3. The lowest BCUT2D eigenvalue weighted by Gasteiger charge is -2.07. The van der Waals surface area contributed by atoms with Gasteiger partial charge >= 0.3 is 5.97 Å². The summed E-state index contributed by atoms with van der Waals surface area (Å²) in [7, 11) is 0. The van der Waals surface area contributed by atoms with Crippen LogP contribution in [0.2, 0.25) is 0 Å². The number of hydrogen-bond acceptors (Lipinski definition) is 6. The topological polar surface area (TPSA) is 73.9 Å². The molecule has 0 saturated heterocycles. The van der Waals surface area contributed by atoms with E-state index in [9.17, 15) is 18.4 Å². The van der Waals surface area contributed by atoms with E-state index in [0.717, 1.165) is 30.0 Å². The third-order valence-corrected chi connectivity index (χ3v) is 4.26. The quantitative estimate of drug-likeness (QED) is 0.613. The van der Waals surface area contributed by atoms with Gasteiger partial charge in [0.15, 0.2) is 18.1 Å². The van der Waals surface area contributed by atoms with E-state index in [2.05, 4.69) is 5.32 Å². The van der Waals surface area contributed by atoms with Crippen molar-refractivity contribution in [3.05, 3.63) is 48.0 Å². The molecule has 1 heterocycles. The summed E-state index contributed by atoms with van der Waals surface area (Å²) in [6.45, 7) is -0.382. The molecule has 0 aliphatic carbocycles. The summed E-state index contributed by atoms with van der Waals surface area (Å²) in [4.78, 5) is 23.5. The molecule has 6 nitrogen and oxygen atoms in total. The van der Waals surface area contributed by atoms with Gasteiger partial charge in [0.1, 0.15) is 11.6 Å². The molecule has 3 rings (SSSR count). The molecular formula is C17H13F2NO5S. The fourth-order valence-electron chi connectivity index (χ4n) is 2.08. The summed E-state index contributed by atoms with van der Waals surface area (Å²) in [5.74, 6) is -1.67. The predicted octanol–water partition coefficient (Wildman–Crippen LogP) is 2.97. The molecule has 1 aliphatic heterocycles. The normalized spacial score (nSPS) is 11.9. The number of hydrogen-bond donors (Lipinski definition) is 1. The second-order valence-electron chi connectivity index (χ2n) is 5.14. The molecule has 0 spiro atoms. The van der Waals surface area contributed by atoms with E-state index in [1.165, 1.54) is 0 Å². The van der Waals surface area contributed by atoms with Gasteiger partial charge in [0.05, 0.1) is 5.75 Å². The van der Waals surface area contributed by atoms with Crippen LogP contribution in [0.25, 0.3) is 0 Å². The van der Waals surface area contributed by atoms with E-state index in [4.69, 9.17) is 14.2 Å². The van der Waals surface area contributed by atoms with Crippen molar-refractivity contribution in [1.29, 1.82) is 0 Å². The van der Waals surface area contributed by atoms with Gasteiger partial charge < -0.3 is 19.5 Å². The maximum atomic E-state index is 13.4. The maximum Gasteiger partial charge on any atom is 0.316 e. The van der Waals surface area contributed by atoms with E-state index in [0.29, 0.717) is 17.2 Å². The number of esters is 1. The van der Waals surface area contributed by atoms with Crippen molar-refractivity contribution in [2.45, 2.75) is 4.90 Å². The van der Waals surface area contributed by atoms with E-state index >= 15 is 0 Å². The van der Waals surface area contributed by atoms with E-state index in [-0.39, 0.29) is 17.4 Å². The smallest absolute Gasteiger partial charge is 0.316 e. The molecule has 0 aromatic heterocycles. The first-order valence-electron chi connectivity index (χ1n) is 7.44. The first-order chi connectivity index (χ1) is 12.5. The lowest BCUT2D eigenvalue weighted by Crippen LogP contribution is -2.21. The van der Waals surface area contributed by atoms with Gasteiger partial charge in [-0.3, -0.25) is 9.59 Å². The number of carbonyl (C=O) groups is 2. The van der Waals surface area contributed by atoms with Crippen LogP contribution in [0.3, 0.4) is 0 Å². The Morgan fingerprint density at radius 1 is 1.12 bits per heavy atom. The maximum absolute atomic E-state index is 13.4. The molecule has 0 saturated carbocycles. The van der Waals surface area contributed by atoms with Gasteiger partial charge in [0.25, 0.3) is 5.91 Å². The third kappa shape index (κ3) is 4.63. The summed E-state index contributed by atoms with van der Waals surface area (Å²) in [6.07, 6.45) is 0. The number of carbonyl (C=O) groups excluding carboxylic acids is 2. The fraction of sp³-hybridized carbons (Fsp3) is 0.176. The van der Waals surface area contributed by atoms with Crippen molar-refractivity contribution in [2.75, 3.05) is 24.5 Å². The molecule has 2 aromatic carbocycles. The molecule has 0 fully saturated rings. The van der Waals surface area contributed by atoms with Gasteiger partial charge in [0, 0.05) is 16.6 Å². The Kier molecular flexibility index (Phi) is 5.57. The molecule has 1 N–H and O–H groups in total. The van der Waals surface area contributed by atoms with Crippen molar-refractivity contribution >= 4 is 29.3 Å². The summed E-state index contributed by atoms with van der Waals surface area (Å²) < 4.78 is 41.7. The van der Waals surface area contributed by atoms with Crippen LogP contribution in [-0.2, 0) is 14.3 Å². The standard InChI is InChI=1S/C17H13F2NO5S/c18-10-1-3-12(19)15(5-10)26-8-17(22)23-7-16(21)20-11-2-4-13-14(6-11)25-9-24-13/h1-6H,7-9H2,(H,20,21). The first-order valence-corrected chi connectivity index (χ1v) is 8.43. The number of halogens is 2. The Morgan fingerprint density at radius 2 is 1.92 bits per heavy atom. The molecular weight excluding hydrogens is 368 g/mol. The van der Waals surface area contributed by atoms with Gasteiger partial charge in [0.2, 0.25) is 6.79 Å². The number of thioether (sulfide) groups is 1. The molecule has 136 valence electrons. The zero-order valence-corrected chi connectivity index (χ0v) is 14.1. The van der Waals surface area contributed by atoms with Crippen molar-refractivity contribution < 1.29 is 32.6 Å². The SMILES string of the molecule is O=C(COC(=O)CSc1cc(F)ccc1F)Nc1ccc2c(c1)OCO2. The minimum atomic E-state index is -0.723. The Morgan fingerprint density at radius 3 is 2.77 bits per heavy atom. The minimum absolute atomic E-state index is 0.00763. The Hall–Kier alpha value is -2.81. The summed E-state index contributed by atoms with van der Waals surface area (Å²) in [6, 6.07) is 7.80. The lowest BCUT2D eigenvalue weighted by molar-refractivity contribution is -0.144. The average molecular weight is 381 g/mol. The van der Waals surface area contributed by atoms with Gasteiger partial charge in [-0.2, -0.15) is 0 Å². The molecule has 0 bridgehead atoms. The highest BCUT2D eigenvalue weighted by Crippen LogP contribution is 2.34. The molecule has 0 radical (unpaired) electrons. The van der Waals surface area contributed by atoms with E-state index < -0.39 is 30.1 Å². The highest BCUT2D eigenvalue weighted by molar-refractivity contribution is 8.00. The number of fused-ring (bicyclic) bond motifs is 1. The molecule has 9 heteroatoms. The summed E-state index contributed by atoms with van der Waals surface area (Å²) >= 11 is 0.787. The first kappa shape index (κ1) is 18.0. The van der Waals surface area contributed by atoms with Gasteiger partial charge in [-0.25, -0.2) is 8.78 Å². The van der Waals surface area contributed by atoms with Gasteiger partial charge in [-0.05, 0) is 30.3 Å². The zero-order chi connectivity index (χ0) is 18.5. The van der Waals surface area contributed by atoms with Crippen LogP contribution < -0.4 is 14.8 Å². The third-order valence-electron chi connectivity index (χ3n) is 3.26. The molecule has 0 atom stereocenters. The van der Waals surface area contributed by atoms with E-state index in [1.54, 1.807) is 18.2 Å². The van der Waals surface area contributed by atoms with Crippen molar-refractivity contribution in [3.63, 3.8) is 0 Å². The summed E-state index contributed by atoms with van der Waals surface area (Å²) in [5, 5.41) is 2.55. The van der Waals surface area contributed by atoms with Crippen LogP contribution in [0.15, 0.2) is 41.3 Å². The van der Waals surface area contributed by atoms with Crippen LogP contribution in [0, 0.1) is 11.6 Å². The number of amides is 1. The Bertz CT molecular complexity index is 846. The van der Waals surface area contributed by atoms with Crippen LogP contribution >= 0.6 is 11.8 Å². The molecule has 1 aliphatic rings. The minimum Gasteiger partial charge on any atom is -0.455 e. The number of anilines is 1. The number of rotatable bonds is 6. The highest BCUT2D eigenvalue weighted by Gasteiger charge is 2.15. The molecule has 0 unspecified atom stereocenters. The second kappa shape index (κ2) is 8.05. The van der Waals surface area contributed by atoms with Crippen LogP contribution in [0.5, 0.6) is 11.5 Å². The molecule has 2 aromatic rings. The predicted molar refractivity (Wildman–Crippen MR) is 89.2 cm³/mol. The number of nitrogens with one attached hydrogen (secondary N) is 1. The van der Waals surface area contributed by atoms with Crippen molar-refractivity contribution in [2.24, 2.45) is 0 Å². The largest absolute Gasteiger partial charge is 0.455 e. The van der Waals surface area contributed by atoms with Crippen LogP contribution in [0.1, 0.15) is 0 Å². The number of benzene rings is 2. The molecule has 26 heavy (non-hydrogen) atoms. The lowest BCUT2D eigenvalue weighted by atomic mass is 10.3. The molecule has 1 amide bonds. The van der Waals surface area contributed by atoms with Crippen molar-refractivity contribution in [3.8, 4) is 11.5 Å². The van der Waals surface area contributed by atoms with Crippen LogP contribution in [0.4, 0.5) is 14.5 Å². The highest BCUT2D eigenvalue weighted by atomic mass is 32.2. The van der Waals surface area contributed by atoms with Gasteiger partial charge in [-0.1, -0.05) is 0 Å². The van der Waals surface area contributed by atoms with E-state index in [1.807, 2.05) is 0 Å². The van der Waals surface area contributed by atoms with Crippen LogP contribution in [-0.4, -0.2) is 31.0 Å². The average Bonchev–Trinajstić information content (AvgIpc) is 3.08. The Balaban J connectivity index is 1.44.